The molecule has 0 aliphatic heterocycles. The van der Waals surface area contributed by atoms with Gasteiger partial charge < -0.3 is 9.15 Å². The quantitative estimate of drug-likeness (QED) is 0.460. The third-order valence-corrected chi connectivity index (χ3v) is 4.64. The van der Waals surface area contributed by atoms with Crippen LogP contribution in [-0.2, 0) is 17.5 Å². The van der Waals surface area contributed by atoms with Crippen molar-refractivity contribution in [3.05, 3.63) is 75.9 Å². The van der Waals surface area contributed by atoms with E-state index in [1.165, 1.54) is 41.0 Å². The smallest absolute Gasteiger partial charge is 0.416 e. The number of benzene rings is 1. The minimum absolute atomic E-state index is 0.00561. The van der Waals surface area contributed by atoms with Crippen molar-refractivity contribution in [1.29, 1.82) is 0 Å². The molecule has 3 aromatic heterocycles. The van der Waals surface area contributed by atoms with Crippen LogP contribution in [0.2, 0.25) is 0 Å². The Morgan fingerprint density at radius 2 is 2.03 bits per heavy atom. The van der Waals surface area contributed by atoms with Crippen LogP contribution in [0.5, 0.6) is 0 Å². The first-order chi connectivity index (χ1) is 14.7. The zero-order valence-corrected chi connectivity index (χ0v) is 16.3. The Hall–Kier alpha value is -3.89. The van der Waals surface area contributed by atoms with Crippen LogP contribution >= 0.6 is 0 Å². The molecule has 0 saturated carbocycles. The second kappa shape index (κ2) is 7.42. The second-order valence-electron chi connectivity index (χ2n) is 6.74. The fourth-order valence-electron chi connectivity index (χ4n) is 3.15. The van der Waals surface area contributed by atoms with Gasteiger partial charge in [0.1, 0.15) is 17.5 Å². The lowest BCUT2D eigenvalue weighted by atomic mass is 10.2. The zero-order chi connectivity index (χ0) is 22.3. The topological polar surface area (TPSA) is 92.2 Å². The molecule has 0 radical (unpaired) electrons. The Morgan fingerprint density at radius 1 is 1.26 bits per heavy atom. The number of hydrogen-bond donors (Lipinski definition) is 0. The van der Waals surface area contributed by atoms with Crippen molar-refractivity contribution in [2.75, 3.05) is 7.11 Å². The Kier molecular flexibility index (Phi) is 4.88. The first-order valence-corrected chi connectivity index (χ1v) is 8.97. The number of nitrogens with zero attached hydrogens (tertiary/aromatic N) is 4. The molecular weight excluding hydrogens is 417 g/mol. The lowest BCUT2D eigenvalue weighted by Gasteiger charge is -2.09. The highest BCUT2D eigenvalue weighted by Crippen LogP contribution is 2.30. The number of rotatable bonds is 4. The molecule has 0 aliphatic rings. The van der Waals surface area contributed by atoms with Gasteiger partial charge in [0.05, 0.1) is 31.1 Å². The van der Waals surface area contributed by atoms with Crippen molar-refractivity contribution >= 4 is 17.0 Å². The number of aromatic nitrogens is 4. The summed E-state index contributed by atoms with van der Waals surface area (Å²) in [5.41, 5.74) is -0.500. The van der Waals surface area contributed by atoms with E-state index in [0.717, 1.165) is 12.1 Å². The Balaban J connectivity index is 1.71. The molecule has 0 spiro atoms. The van der Waals surface area contributed by atoms with Gasteiger partial charge in [-0.1, -0.05) is 6.07 Å². The van der Waals surface area contributed by atoms with Gasteiger partial charge in [-0.2, -0.15) is 18.3 Å². The monoisotopic (exact) mass is 432 g/mol. The molecular formula is C20H15F3N4O4. The minimum atomic E-state index is -4.51. The molecule has 0 N–H and O–H groups in total. The van der Waals surface area contributed by atoms with Crippen molar-refractivity contribution in [3.63, 3.8) is 0 Å². The lowest BCUT2D eigenvalue weighted by Crippen LogP contribution is -2.21. The van der Waals surface area contributed by atoms with E-state index in [9.17, 15) is 22.8 Å². The molecule has 4 rings (SSSR count). The molecule has 0 bridgehead atoms. The number of halogens is 3. The van der Waals surface area contributed by atoms with Crippen LogP contribution < -0.4 is 5.56 Å². The highest BCUT2D eigenvalue weighted by Gasteiger charge is 2.30. The van der Waals surface area contributed by atoms with E-state index >= 15 is 0 Å². The zero-order valence-electron chi connectivity index (χ0n) is 16.3. The number of carbonyl (C=O) groups excluding carboxylic acids is 1. The minimum Gasteiger partial charge on any atom is -0.463 e. The molecule has 3 heterocycles. The van der Waals surface area contributed by atoms with E-state index in [1.54, 1.807) is 13.0 Å². The van der Waals surface area contributed by atoms with Gasteiger partial charge in [-0.05, 0) is 31.2 Å². The number of hydrogen-bond acceptors (Lipinski definition) is 6. The van der Waals surface area contributed by atoms with Gasteiger partial charge in [0.25, 0.3) is 5.56 Å². The molecule has 0 saturated heterocycles. The third-order valence-electron chi connectivity index (χ3n) is 4.64. The molecule has 31 heavy (non-hydrogen) atoms. The van der Waals surface area contributed by atoms with Crippen molar-refractivity contribution < 1.29 is 27.1 Å². The summed E-state index contributed by atoms with van der Waals surface area (Å²) >= 11 is 0. The lowest BCUT2D eigenvalue weighted by molar-refractivity contribution is -0.137. The van der Waals surface area contributed by atoms with Crippen LogP contribution in [0.1, 0.15) is 27.4 Å². The summed E-state index contributed by atoms with van der Waals surface area (Å²) < 4.78 is 51.6. The molecule has 0 aliphatic carbocycles. The van der Waals surface area contributed by atoms with Gasteiger partial charge in [-0.3, -0.25) is 9.36 Å². The van der Waals surface area contributed by atoms with E-state index in [4.69, 9.17) is 4.42 Å². The molecule has 160 valence electrons. The summed E-state index contributed by atoms with van der Waals surface area (Å²) in [5.74, 6) is -0.254. The molecule has 0 unspecified atom stereocenters. The molecule has 0 fully saturated rings. The van der Waals surface area contributed by atoms with E-state index in [1.807, 2.05) is 0 Å². The van der Waals surface area contributed by atoms with E-state index in [-0.39, 0.29) is 29.0 Å². The molecule has 1 aromatic carbocycles. The second-order valence-corrected chi connectivity index (χ2v) is 6.74. The first kappa shape index (κ1) is 20.4. The number of alkyl halides is 3. The fourth-order valence-corrected chi connectivity index (χ4v) is 3.15. The van der Waals surface area contributed by atoms with E-state index < -0.39 is 23.3 Å². The largest absolute Gasteiger partial charge is 0.463 e. The number of aryl methyl sites for hydroxylation is 1. The van der Waals surface area contributed by atoms with E-state index in [2.05, 4.69) is 14.8 Å². The van der Waals surface area contributed by atoms with Crippen LogP contribution in [0, 0.1) is 6.92 Å². The van der Waals surface area contributed by atoms with Crippen LogP contribution in [0.25, 0.3) is 16.7 Å². The normalized spacial score (nSPS) is 11.8. The molecule has 0 amide bonds. The van der Waals surface area contributed by atoms with Crippen LogP contribution in [0.4, 0.5) is 13.2 Å². The average molecular weight is 432 g/mol. The number of carbonyl (C=O) groups is 1. The highest BCUT2D eigenvalue weighted by molar-refractivity contribution is 5.87. The number of esters is 1. The van der Waals surface area contributed by atoms with Crippen LogP contribution in [-0.4, -0.2) is 32.4 Å². The van der Waals surface area contributed by atoms with Crippen LogP contribution in [0.15, 0.2) is 52.1 Å². The maximum Gasteiger partial charge on any atom is 0.416 e. The molecule has 8 nitrogen and oxygen atoms in total. The van der Waals surface area contributed by atoms with Gasteiger partial charge in [0.2, 0.25) is 5.76 Å². The summed E-state index contributed by atoms with van der Waals surface area (Å²) in [6, 6.07) is 6.18. The van der Waals surface area contributed by atoms with Crippen molar-refractivity contribution in [3.8, 4) is 5.69 Å². The van der Waals surface area contributed by atoms with Gasteiger partial charge in [-0.25, -0.2) is 14.5 Å². The van der Waals surface area contributed by atoms with Gasteiger partial charge in [0, 0.05) is 5.56 Å². The molecule has 11 heteroatoms. The predicted octanol–water partition coefficient (Wildman–Crippen LogP) is 3.34. The summed E-state index contributed by atoms with van der Waals surface area (Å²) in [6.07, 6.45) is -2.02. The summed E-state index contributed by atoms with van der Waals surface area (Å²) in [4.78, 5) is 28.7. The first-order valence-electron chi connectivity index (χ1n) is 8.97. The number of fused-ring (bicyclic) bond motifs is 1. The van der Waals surface area contributed by atoms with Gasteiger partial charge in [0.15, 0.2) is 5.65 Å². The maximum atomic E-state index is 13.0. The number of furan rings is 1. The van der Waals surface area contributed by atoms with Crippen molar-refractivity contribution in [2.45, 2.75) is 19.6 Å². The predicted molar refractivity (Wildman–Crippen MR) is 102 cm³/mol. The number of methoxy groups -OCH3 is 1. The maximum absolute atomic E-state index is 13.0. The molecule has 4 aromatic rings. The Bertz CT molecular complexity index is 1350. The van der Waals surface area contributed by atoms with Gasteiger partial charge >= 0.3 is 12.1 Å². The standard InChI is InChI=1S/C20H15F3N4O4/c1-11-6-14(31-16(11)19(29)30-2)9-26-10-24-17-15(18(26)28)8-25-27(17)13-5-3-4-12(7-13)20(21,22)23/h3-8,10H,9H2,1-2H3. The van der Waals surface area contributed by atoms with Crippen molar-refractivity contribution in [2.24, 2.45) is 0 Å². The molecule has 0 atom stereocenters. The Morgan fingerprint density at radius 3 is 2.74 bits per heavy atom. The van der Waals surface area contributed by atoms with Crippen LogP contribution in [0.3, 0.4) is 0 Å². The Labute approximate surface area is 172 Å². The highest BCUT2D eigenvalue weighted by atomic mass is 19.4. The fraction of sp³-hybridized carbons (Fsp3) is 0.200. The summed E-state index contributed by atoms with van der Waals surface area (Å²) in [5, 5.41) is 4.16. The summed E-state index contributed by atoms with van der Waals surface area (Å²) in [6.45, 7) is 1.66. The average Bonchev–Trinajstić information content (AvgIpc) is 3.33. The SMILES string of the molecule is COC(=O)c1oc(Cn2cnc3c(cnn3-c3cccc(C(F)(F)F)c3)c2=O)cc1C. The van der Waals surface area contributed by atoms with Gasteiger partial charge in [-0.15, -0.1) is 0 Å². The summed E-state index contributed by atoms with van der Waals surface area (Å²) in [7, 11) is 1.23. The number of ether oxygens (including phenoxy) is 1. The van der Waals surface area contributed by atoms with E-state index in [0.29, 0.717) is 11.3 Å². The third kappa shape index (κ3) is 3.69. The van der Waals surface area contributed by atoms with Crippen molar-refractivity contribution in [1.82, 2.24) is 19.3 Å².